The second kappa shape index (κ2) is 18.2. The second-order valence-electron chi connectivity index (χ2n) is 12.8. The quantitative estimate of drug-likeness (QED) is 0.0592. The van der Waals surface area contributed by atoms with E-state index in [-0.39, 0.29) is 18.2 Å². The van der Waals surface area contributed by atoms with E-state index in [0.29, 0.717) is 47.7 Å². The summed E-state index contributed by atoms with van der Waals surface area (Å²) >= 11 is 6.61. The molecule has 1 aliphatic heterocycles. The van der Waals surface area contributed by atoms with Crippen molar-refractivity contribution in [3.8, 4) is 28.9 Å². The van der Waals surface area contributed by atoms with E-state index in [0.717, 1.165) is 48.7 Å². The number of methoxy groups -OCH3 is 1. The van der Waals surface area contributed by atoms with E-state index in [1.165, 1.54) is 23.4 Å². The Balaban J connectivity index is 0.933. The summed E-state index contributed by atoms with van der Waals surface area (Å²) in [5, 5.41) is 11.6. The van der Waals surface area contributed by atoms with Crippen molar-refractivity contribution in [3.05, 3.63) is 152 Å². The third-order valence-electron chi connectivity index (χ3n) is 9.00. The molecule has 11 nitrogen and oxygen atoms in total. The van der Waals surface area contributed by atoms with Gasteiger partial charge in [-0.1, -0.05) is 48.0 Å². The van der Waals surface area contributed by atoms with Crippen LogP contribution in [0.5, 0.6) is 28.9 Å². The van der Waals surface area contributed by atoms with Gasteiger partial charge in [0.15, 0.2) is 5.75 Å². The molecule has 6 rings (SSSR count). The zero-order chi connectivity index (χ0) is 37.9. The van der Waals surface area contributed by atoms with E-state index >= 15 is 0 Å². The van der Waals surface area contributed by atoms with E-state index in [9.17, 15) is 14.9 Å². The van der Waals surface area contributed by atoms with Crippen LogP contribution in [0.25, 0.3) is 6.08 Å². The Morgan fingerprint density at radius 2 is 1.59 bits per heavy atom. The molecule has 54 heavy (non-hydrogen) atoms. The van der Waals surface area contributed by atoms with Gasteiger partial charge in [0.25, 0.3) is 5.69 Å². The van der Waals surface area contributed by atoms with Gasteiger partial charge in [0.2, 0.25) is 11.8 Å². The van der Waals surface area contributed by atoms with Crippen LogP contribution >= 0.6 is 11.6 Å². The normalized spacial score (nSPS) is 13.1. The van der Waals surface area contributed by atoms with Crippen molar-refractivity contribution in [1.29, 1.82) is 0 Å². The molecule has 1 fully saturated rings. The van der Waals surface area contributed by atoms with Crippen molar-refractivity contribution in [3.63, 3.8) is 0 Å². The van der Waals surface area contributed by atoms with Crippen molar-refractivity contribution in [1.82, 2.24) is 14.8 Å². The number of nitro groups is 1. The fourth-order valence-corrected chi connectivity index (χ4v) is 6.31. The van der Waals surface area contributed by atoms with Gasteiger partial charge < -0.3 is 23.8 Å². The number of hydrogen-bond donors (Lipinski definition) is 0. The highest BCUT2D eigenvalue weighted by molar-refractivity contribution is 6.32. The average Bonchev–Trinajstić information content (AvgIpc) is 3.19. The van der Waals surface area contributed by atoms with Crippen molar-refractivity contribution in [2.24, 2.45) is 0 Å². The first-order valence-electron chi connectivity index (χ1n) is 17.6. The Morgan fingerprint density at radius 3 is 2.28 bits per heavy atom. The number of hydrogen-bond acceptors (Lipinski definition) is 9. The molecule has 1 amide bonds. The highest BCUT2D eigenvalue weighted by atomic mass is 35.5. The SMILES string of the molecule is COc1ccc(OCCc2ccc(CN3CCN(C(=O)/C=C/c4cc(C)c(Oc5ccc(OCc6ccccc6[N+](=O)[O-])cn5)c(Cl)c4)CC3)cc2)cc1. The molecule has 278 valence electrons. The van der Waals surface area contributed by atoms with E-state index in [1.54, 1.807) is 55.7 Å². The van der Waals surface area contributed by atoms with E-state index in [2.05, 4.69) is 34.1 Å². The lowest BCUT2D eigenvalue weighted by atomic mass is 10.1. The molecule has 0 N–H and O–H groups in total. The Bertz CT molecular complexity index is 2040. The smallest absolute Gasteiger partial charge is 0.276 e. The molecule has 0 saturated carbocycles. The Hall–Kier alpha value is -5.91. The first kappa shape index (κ1) is 37.8. The predicted molar refractivity (Wildman–Crippen MR) is 207 cm³/mol. The van der Waals surface area contributed by atoms with Gasteiger partial charge in [-0.25, -0.2) is 4.98 Å². The lowest BCUT2D eigenvalue weighted by Gasteiger charge is -2.34. The molecule has 2 heterocycles. The number of nitro benzene ring substituents is 1. The second-order valence-corrected chi connectivity index (χ2v) is 13.2. The van der Waals surface area contributed by atoms with Gasteiger partial charge in [-0.05, 0) is 83.8 Å². The van der Waals surface area contributed by atoms with Crippen molar-refractivity contribution in [2.75, 3.05) is 39.9 Å². The van der Waals surface area contributed by atoms with Crippen LogP contribution in [0.15, 0.2) is 109 Å². The maximum Gasteiger partial charge on any atom is 0.276 e. The number of ether oxygens (including phenoxy) is 4. The van der Waals surface area contributed by atoms with Crippen LogP contribution in [0.3, 0.4) is 0 Å². The summed E-state index contributed by atoms with van der Waals surface area (Å²) in [5.74, 6) is 2.78. The number of para-hydroxylation sites is 1. The summed E-state index contributed by atoms with van der Waals surface area (Å²) in [6.45, 7) is 6.23. The first-order chi connectivity index (χ1) is 26.2. The van der Waals surface area contributed by atoms with Crippen LogP contribution in [0.4, 0.5) is 5.69 Å². The van der Waals surface area contributed by atoms with Gasteiger partial charge in [0.1, 0.15) is 23.9 Å². The zero-order valence-electron chi connectivity index (χ0n) is 30.2. The van der Waals surface area contributed by atoms with E-state index < -0.39 is 4.92 Å². The summed E-state index contributed by atoms with van der Waals surface area (Å²) in [6, 6.07) is 29.6. The van der Waals surface area contributed by atoms with Crippen molar-refractivity contribution >= 4 is 29.3 Å². The average molecular weight is 749 g/mol. The van der Waals surface area contributed by atoms with Crippen molar-refractivity contribution in [2.45, 2.75) is 26.5 Å². The predicted octanol–water partition coefficient (Wildman–Crippen LogP) is 8.31. The monoisotopic (exact) mass is 748 g/mol. The Morgan fingerprint density at radius 1 is 0.889 bits per heavy atom. The number of carbonyl (C=O) groups excluding carboxylic acids is 1. The zero-order valence-corrected chi connectivity index (χ0v) is 30.9. The lowest BCUT2D eigenvalue weighted by molar-refractivity contribution is -0.385. The molecule has 0 radical (unpaired) electrons. The number of aromatic nitrogens is 1. The minimum absolute atomic E-state index is 0.00422. The fourth-order valence-electron chi connectivity index (χ4n) is 6.00. The van der Waals surface area contributed by atoms with Crippen LogP contribution in [0.1, 0.15) is 27.8 Å². The summed E-state index contributed by atoms with van der Waals surface area (Å²) in [6.07, 6.45) is 5.66. The molecule has 1 aromatic heterocycles. The molecule has 4 aromatic carbocycles. The number of carbonyl (C=O) groups is 1. The molecule has 0 unspecified atom stereocenters. The minimum atomic E-state index is -0.437. The maximum absolute atomic E-state index is 13.1. The molecule has 0 bridgehead atoms. The highest BCUT2D eigenvalue weighted by Crippen LogP contribution is 2.34. The number of amides is 1. The van der Waals surface area contributed by atoms with Gasteiger partial charge in [0.05, 0.1) is 35.4 Å². The van der Waals surface area contributed by atoms with E-state index in [1.807, 2.05) is 42.2 Å². The number of piperazine rings is 1. The van der Waals surface area contributed by atoms with Crippen LogP contribution in [-0.2, 0) is 24.4 Å². The van der Waals surface area contributed by atoms with Gasteiger partial charge >= 0.3 is 0 Å². The number of rotatable bonds is 15. The molecule has 1 aliphatic rings. The molecule has 0 aliphatic carbocycles. The molecular formula is C42H41ClN4O7. The largest absolute Gasteiger partial charge is 0.497 e. The van der Waals surface area contributed by atoms with E-state index in [4.69, 9.17) is 30.5 Å². The summed E-state index contributed by atoms with van der Waals surface area (Å²) in [5.41, 5.74) is 4.47. The lowest BCUT2D eigenvalue weighted by Crippen LogP contribution is -2.47. The maximum atomic E-state index is 13.1. The van der Waals surface area contributed by atoms with Crippen LogP contribution in [0, 0.1) is 17.0 Å². The highest BCUT2D eigenvalue weighted by Gasteiger charge is 2.20. The summed E-state index contributed by atoms with van der Waals surface area (Å²) < 4.78 is 22.7. The minimum Gasteiger partial charge on any atom is -0.497 e. The number of aryl methyl sites for hydroxylation is 1. The van der Waals surface area contributed by atoms with Crippen molar-refractivity contribution < 1.29 is 28.7 Å². The third-order valence-corrected chi connectivity index (χ3v) is 9.28. The van der Waals surface area contributed by atoms with Gasteiger partial charge in [0, 0.05) is 57.4 Å². The molecule has 12 heteroatoms. The number of benzene rings is 4. The number of nitrogens with zero attached hydrogens (tertiary/aromatic N) is 4. The Labute approximate surface area is 319 Å². The van der Waals surface area contributed by atoms with Crippen LogP contribution in [0.2, 0.25) is 5.02 Å². The van der Waals surface area contributed by atoms with Crippen LogP contribution in [-0.4, -0.2) is 65.5 Å². The topological polar surface area (TPSA) is 117 Å². The molecular weight excluding hydrogens is 708 g/mol. The Kier molecular flexibility index (Phi) is 12.8. The van der Waals surface area contributed by atoms with Gasteiger partial charge in [-0.15, -0.1) is 0 Å². The fraction of sp³-hybridized carbons (Fsp3) is 0.238. The first-order valence-corrected chi connectivity index (χ1v) is 17.9. The molecule has 1 saturated heterocycles. The summed E-state index contributed by atoms with van der Waals surface area (Å²) in [7, 11) is 1.65. The summed E-state index contributed by atoms with van der Waals surface area (Å²) in [4.78, 5) is 32.4. The molecule has 0 atom stereocenters. The number of halogens is 1. The number of pyridine rings is 1. The van der Waals surface area contributed by atoms with Gasteiger partial charge in [-0.3, -0.25) is 19.8 Å². The molecule has 5 aromatic rings. The van der Waals surface area contributed by atoms with Gasteiger partial charge in [-0.2, -0.15) is 0 Å². The molecule has 0 spiro atoms. The standard InChI is InChI=1S/C42H41ClN4O7/c1-30-25-33(26-38(43)42(30)54-40-17-16-37(27-44-40)53-29-34-5-3-4-6-39(34)47(49)50)11-18-41(48)46-22-20-45(21-23-46)28-32-9-7-31(8-10-32)19-24-52-36-14-12-35(51-2)13-15-36/h3-18,25-27H,19-24,28-29H2,1-2H3/b18-11+. The van der Waals surface area contributed by atoms with Crippen LogP contribution < -0.4 is 18.9 Å². The third kappa shape index (κ3) is 10.4.